The normalized spacial score (nSPS) is 16.5. The Morgan fingerprint density at radius 2 is 1.93 bits per heavy atom. The second-order valence-electron chi connectivity index (χ2n) is 6.95. The van der Waals surface area contributed by atoms with E-state index in [1.54, 1.807) is 36.3 Å². The highest BCUT2D eigenvalue weighted by Crippen LogP contribution is 2.20. The fourth-order valence-corrected chi connectivity index (χ4v) is 3.65. The number of methoxy groups -OCH3 is 1. The van der Waals surface area contributed by atoms with Gasteiger partial charge in [0.1, 0.15) is 5.75 Å². The predicted molar refractivity (Wildman–Crippen MR) is 110 cm³/mol. The van der Waals surface area contributed by atoms with E-state index in [1.165, 1.54) is 0 Å². The zero-order valence-corrected chi connectivity index (χ0v) is 16.7. The van der Waals surface area contributed by atoms with Gasteiger partial charge in [-0.2, -0.15) is 0 Å². The van der Waals surface area contributed by atoms with E-state index in [0.717, 1.165) is 24.2 Å². The van der Waals surface area contributed by atoms with Crippen LogP contribution in [0.3, 0.4) is 0 Å². The number of piperidine rings is 1. The summed E-state index contributed by atoms with van der Waals surface area (Å²) in [4.78, 5) is 27.0. The molecule has 1 unspecified atom stereocenters. The monoisotopic (exact) mass is 400 g/mol. The van der Waals surface area contributed by atoms with Crippen LogP contribution in [-0.4, -0.2) is 43.5 Å². The summed E-state index contributed by atoms with van der Waals surface area (Å²) in [6.45, 7) is 1.66. The van der Waals surface area contributed by atoms with Crippen LogP contribution < -0.4 is 10.1 Å². The molecule has 1 fully saturated rings. The Morgan fingerprint density at radius 1 is 1.18 bits per heavy atom. The number of rotatable bonds is 6. The Kier molecular flexibility index (Phi) is 6.93. The van der Waals surface area contributed by atoms with Crippen molar-refractivity contribution in [3.8, 4) is 5.75 Å². The number of ether oxygens (including phenoxy) is 1. The second kappa shape index (κ2) is 9.60. The Morgan fingerprint density at radius 3 is 2.68 bits per heavy atom. The largest absolute Gasteiger partial charge is 0.496 e. The molecule has 3 rings (SSSR count). The van der Waals surface area contributed by atoms with Gasteiger partial charge in [-0.25, -0.2) is 0 Å². The second-order valence-corrected chi connectivity index (χ2v) is 7.39. The molecule has 2 aromatic rings. The van der Waals surface area contributed by atoms with Crippen LogP contribution in [0.2, 0.25) is 5.02 Å². The number of benzene rings is 2. The van der Waals surface area contributed by atoms with E-state index in [9.17, 15) is 9.59 Å². The summed E-state index contributed by atoms with van der Waals surface area (Å²) >= 11 is 5.89. The van der Waals surface area contributed by atoms with Crippen molar-refractivity contribution in [3.05, 3.63) is 64.7 Å². The van der Waals surface area contributed by atoms with E-state index >= 15 is 0 Å². The van der Waals surface area contributed by atoms with Crippen LogP contribution in [0.1, 0.15) is 28.8 Å². The molecule has 28 heavy (non-hydrogen) atoms. The van der Waals surface area contributed by atoms with Crippen LogP contribution in [0.15, 0.2) is 48.5 Å². The molecule has 5 nitrogen and oxygen atoms in total. The van der Waals surface area contributed by atoms with E-state index in [-0.39, 0.29) is 17.7 Å². The van der Waals surface area contributed by atoms with Crippen LogP contribution >= 0.6 is 11.6 Å². The molecule has 0 radical (unpaired) electrons. The zero-order valence-electron chi connectivity index (χ0n) is 16.0. The van der Waals surface area contributed by atoms with Crippen molar-refractivity contribution in [3.63, 3.8) is 0 Å². The Bertz CT molecular complexity index is 823. The fourth-order valence-electron chi connectivity index (χ4n) is 3.52. The van der Waals surface area contributed by atoms with Gasteiger partial charge in [-0.15, -0.1) is 0 Å². The summed E-state index contributed by atoms with van der Waals surface area (Å²) in [7, 11) is 1.64. The zero-order chi connectivity index (χ0) is 19.9. The Labute approximate surface area is 170 Å². The van der Waals surface area contributed by atoms with Gasteiger partial charge in [-0.1, -0.05) is 29.8 Å². The van der Waals surface area contributed by atoms with Gasteiger partial charge in [0.2, 0.25) is 5.91 Å². The Balaban J connectivity index is 1.52. The quantitative estimate of drug-likeness (QED) is 0.806. The molecule has 1 heterocycles. The Hall–Kier alpha value is -2.53. The number of hydrogen-bond acceptors (Lipinski definition) is 3. The number of amides is 2. The molecule has 0 spiro atoms. The average molecular weight is 401 g/mol. The molecule has 0 aromatic heterocycles. The molecule has 0 bridgehead atoms. The van der Waals surface area contributed by atoms with Crippen molar-refractivity contribution < 1.29 is 14.3 Å². The first-order valence-electron chi connectivity index (χ1n) is 9.53. The topological polar surface area (TPSA) is 58.6 Å². The fraction of sp³-hybridized carbons (Fsp3) is 0.364. The highest BCUT2D eigenvalue weighted by atomic mass is 35.5. The lowest BCUT2D eigenvalue weighted by Crippen LogP contribution is -2.45. The van der Waals surface area contributed by atoms with Crippen molar-refractivity contribution in [1.29, 1.82) is 0 Å². The van der Waals surface area contributed by atoms with E-state index in [1.807, 2.05) is 24.3 Å². The first-order chi connectivity index (χ1) is 13.6. The first kappa shape index (κ1) is 20.2. The number of carbonyl (C=O) groups excluding carboxylic acids is 2. The molecule has 1 saturated heterocycles. The van der Waals surface area contributed by atoms with E-state index in [2.05, 4.69) is 5.32 Å². The lowest BCUT2D eigenvalue weighted by molar-refractivity contribution is -0.126. The van der Waals surface area contributed by atoms with Crippen molar-refractivity contribution in [2.45, 2.75) is 19.3 Å². The average Bonchev–Trinajstić information content (AvgIpc) is 2.74. The maximum atomic E-state index is 12.7. The molecule has 1 aliphatic rings. The maximum absolute atomic E-state index is 12.7. The SMILES string of the molecule is COc1ccccc1CCNC(=O)C1CCCN(C(=O)c2ccc(Cl)cc2)C1. The van der Waals surface area contributed by atoms with Crippen LogP contribution in [0.25, 0.3) is 0 Å². The molecular weight excluding hydrogens is 376 g/mol. The van der Waals surface area contributed by atoms with Crippen LogP contribution in [0.5, 0.6) is 5.75 Å². The van der Waals surface area contributed by atoms with E-state index < -0.39 is 0 Å². The molecule has 2 aromatic carbocycles. The molecule has 6 heteroatoms. The molecular formula is C22H25ClN2O3. The molecule has 1 aliphatic heterocycles. The minimum absolute atomic E-state index is 0.00324. The van der Waals surface area contributed by atoms with Gasteiger partial charge in [0.15, 0.2) is 0 Å². The first-order valence-corrected chi connectivity index (χ1v) is 9.90. The van der Waals surface area contributed by atoms with Gasteiger partial charge < -0.3 is 15.0 Å². The highest BCUT2D eigenvalue weighted by Gasteiger charge is 2.28. The molecule has 1 atom stereocenters. The van der Waals surface area contributed by atoms with Crippen molar-refractivity contribution in [2.75, 3.05) is 26.7 Å². The van der Waals surface area contributed by atoms with Crippen LogP contribution in [0, 0.1) is 5.92 Å². The predicted octanol–water partition coefficient (Wildman–Crippen LogP) is 3.56. The number of carbonyl (C=O) groups is 2. The highest BCUT2D eigenvalue weighted by molar-refractivity contribution is 6.30. The van der Waals surface area contributed by atoms with Gasteiger partial charge in [0, 0.05) is 30.2 Å². The lowest BCUT2D eigenvalue weighted by Gasteiger charge is -2.32. The molecule has 0 saturated carbocycles. The molecule has 0 aliphatic carbocycles. The molecule has 148 valence electrons. The van der Waals surface area contributed by atoms with Gasteiger partial charge in [0.05, 0.1) is 13.0 Å². The number of nitrogens with zero attached hydrogens (tertiary/aromatic N) is 1. The van der Waals surface area contributed by atoms with Crippen LogP contribution in [-0.2, 0) is 11.2 Å². The number of nitrogens with one attached hydrogen (secondary N) is 1. The number of halogens is 1. The van der Waals surface area contributed by atoms with E-state index in [0.29, 0.717) is 36.6 Å². The van der Waals surface area contributed by atoms with Gasteiger partial charge in [-0.05, 0) is 55.2 Å². The smallest absolute Gasteiger partial charge is 0.253 e. The minimum Gasteiger partial charge on any atom is -0.496 e. The van der Waals surface area contributed by atoms with Crippen LogP contribution in [0.4, 0.5) is 0 Å². The summed E-state index contributed by atoms with van der Waals surface area (Å²) in [6, 6.07) is 14.7. The summed E-state index contributed by atoms with van der Waals surface area (Å²) in [6.07, 6.45) is 2.32. The van der Waals surface area contributed by atoms with Gasteiger partial charge in [-0.3, -0.25) is 9.59 Å². The lowest BCUT2D eigenvalue weighted by atomic mass is 9.96. The number of likely N-dealkylation sites (tertiary alicyclic amines) is 1. The molecule has 2 amide bonds. The minimum atomic E-state index is -0.178. The van der Waals surface area contributed by atoms with Gasteiger partial charge >= 0.3 is 0 Å². The van der Waals surface area contributed by atoms with Crippen molar-refractivity contribution >= 4 is 23.4 Å². The standard InChI is InChI=1S/C22H25ClN2O3/c1-28-20-7-3-2-5-16(20)12-13-24-21(26)18-6-4-14-25(15-18)22(27)17-8-10-19(23)11-9-17/h2-3,5,7-11,18H,4,6,12-15H2,1H3,(H,24,26). The summed E-state index contributed by atoms with van der Waals surface area (Å²) in [5.74, 6) is 0.600. The molecule has 1 N–H and O–H groups in total. The van der Waals surface area contributed by atoms with E-state index in [4.69, 9.17) is 16.3 Å². The third-order valence-electron chi connectivity index (χ3n) is 5.06. The third kappa shape index (κ3) is 5.04. The van der Waals surface area contributed by atoms with Crippen molar-refractivity contribution in [2.24, 2.45) is 5.92 Å². The summed E-state index contributed by atoms with van der Waals surface area (Å²) in [5, 5.41) is 3.61. The number of para-hydroxylation sites is 1. The third-order valence-corrected chi connectivity index (χ3v) is 5.31. The van der Waals surface area contributed by atoms with Gasteiger partial charge in [0.25, 0.3) is 5.91 Å². The number of hydrogen-bond donors (Lipinski definition) is 1. The summed E-state index contributed by atoms with van der Waals surface area (Å²) in [5.41, 5.74) is 1.66. The summed E-state index contributed by atoms with van der Waals surface area (Å²) < 4.78 is 5.34. The maximum Gasteiger partial charge on any atom is 0.253 e. The van der Waals surface area contributed by atoms with Crippen molar-refractivity contribution in [1.82, 2.24) is 10.2 Å².